The molecule has 15 heavy (non-hydrogen) atoms. The van der Waals surface area contributed by atoms with Crippen molar-refractivity contribution < 1.29 is 4.74 Å². The second-order valence-electron chi connectivity index (χ2n) is 2.76. The second kappa shape index (κ2) is 3.79. The zero-order chi connectivity index (χ0) is 10.7. The molecule has 2 aromatic rings. The molecule has 76 valence electrons. The molecule has 6 nitrogen and oxygen atoms in total. The summed E-state index contributed by atoms with van der Waals surface area (Å²) in [4.78, 5) is 11.4. The van der Waals surface area contributed by atoms with Crippen molar-refractivity contribution in [3.63, 3.8) is 0 Å². The lowest BCUT2D eigenvalue weighted by atomic mass is 10.4. The Bertz CT molecular complexity index is 459. The summed E-state index contributed by atoms with van der Waals surface area (Å²) in [5.74, 6) is 1.31. The van der Waals surface area contributed by atoms with Gasteiger partial charge < -0.3 is 16.2 Å². The van der Waals surface area contributed by atoms with Crippen molar-refractivity contribution in [1.29, 1.82) is 0 Å². The van der Waals surface area contributed by atoms with Crippen molar-refractivity contribution in [2.24, 2.45) is 0 Å². The molecule has 0 fully saturated rings. The maximum Gasteiger partial charge on any atom is 0.222 e. The number of nitrogens with two attached hydrogens (primary N) is 2. The van der Waals surface area contributed by atoms with Gasteiger partial charge in [0.15, 0.2) is 11.6 Å². The molecule has 0 saturated carbocycles. The summed E-state index contributed by atoms with van der Waals surface area (Å²) in [5.41, 5.74) is 11.0. The topological polar surface area (TPSA) is 99.9 Å². The maximum atomic E-state index is 5.60. The van der Waals surface area contributed by atoms with Crippen molar-refractivity contribution >= 4 is 11.8 Å². The normalized spacial score (nSPS) is 9.87. The molecule has 0 atom stereocenters. The fourth-order valence-electron chi connectivity index (χ4n) is 1.01. The largest absolute Gasteiger partial charge is 0.452 e. The zero-order valence-corrected chi connectivity index (χ0v) is 7.79. The van der Waals surface area contributed by atoms with Crippen LogP contribution in [0.25, 0.3) is 0 Å². The fourth-order valence-corrected chi connectivity index (χ4v) is 1.01. The van der Waals surface area contributed by atoms with E-state index in [4.69, 9.17) is 16.2 Å². The van der Waals surface area contributed by atoms with Gasteiger partial charge in [-0.05, 0) is 12.1 Å². The third-order valence-electron chi connectivity index (χ3n) is 1.68. The summed E-state index contributed by atoms with van der Waals surface area (Å²) in [6.07, 6.45) is 4.66. The number of rotatable bonds is 2. The number of hydrogen-bond acceptors (Lipinski definition) is 6. The van der Waals surface area contributed by atoms with E-state index in [-0.39, 0.29) is 11.8 Å². The SMILES string of the molecule is Nc1ncc(Oc2ccncc2)c(N)n1. The average molecular weight is 203 g/mol. The first-order valence-corrected chi connectivity index (χ1v) is 4.21. The smallest absolute Gasteiger partial charge is 0.222 e. The van der Waals surface area contributed by atoms with Crippen LogP contribution in [-0.2, 0) is 0 Å². The molecule has 0 aliphatic rings. The molecule has 0 aromatic carbocycles. The number of nitrogens with zero attached hydrogens (tertiary/aromatic N) is 3. The fraction of sp³-hybridized carbons (Fsp3) is 0. The number of ether oxygens (including phenoxy) is 1. The van der Waals surface area contributed by atoms with E-state index in [9.17, 15) is 0 Å². The maximum absolute atomic E-state index is 5.60. The van der Waals surface area contributed by atoms with Gasteiger partial charge in [0.1, 0.15) is 5.75 Å². The first-order valence-electron chi connectivity index (χ1n) is 4.21. The Labute approximate surface area is 85.9 Å². The van der Waals surface area contributed by atoms with Crippen molar-refractivity contribution in [2.75, 3.05) is 11.5 Å². The molecule has 0 radical (unpaired) electrons. The van der Waals surface area contributed by atoms with E-state index >= 15 is 0 Å². The van der Waals surface area contributed by atoms with E-state index in [1.807, 2.05) is 0 Å². The van der Waals surface area contributed by atoms with E-state index in [0.29, 0.717) is 11.5 Å². The highest BCUT2D eigenvalue weighted by molar-refractivity contribution is 5.48. The second-order valence-corrected chi connectivity index (χ2v) is 2.76. The Morgan fingerprint density at radius 3 is 2.53 bits per heavy atom. The van der Waals surface area contributed by atoms with Gasteiger partial charge in [0, 0.05) is 12.4 Å². The van der Waals surface area contributed by atoms with Crippen molar-refractivity contribution in [1.82, 2.24) is 15.0 Å². The van der Waals surface area contributed by atoms with Gasteiger partial charge in [-0.1, -0.05) is 0 Å². The van der Waals surface area contributed by atoms with Crippen LogP contribution in [0.1, 0.15) is 0 Å². The van der Waals surface area contributed by atoms with Crippen LogP contribution >= 0.6 is 0 Å². The van der Waals surface area contributed by atoms with Crippen LogP contribution in [0.5, 0.6) is 11.5 Å². The number of anilines is 2. The molecule has 6 heteroatoms. The quantitative estimate of drug-likeness (QED) is 0.749. The van der Waals surface area contributed by atoms with Crippen LogP contribution in [0.2, 0.25) is 0 Å². The van der Waals surface area contributed by atoms with Gasteiger partial charge in [-0.3, -0.25) is 4.98 Å². The van der Waals surface area contributed by atoms with E-state index in [2.05, 4.69) is 15.0 Å². The molecule has 0 spiro atoms. The monoisotopic (exact) mass is 203 g/mol. The summed E-state index contributed by atoms with van der Waals surface area (Å²) in [7, 11) is 0. The average Bonchev–Trinajstić information content (AvgIpc) is 2.24. The van der Waals surface area contributed by atoms with Crippen molar-refractivity contribution in [3.8, 4) is 11.5 Å². The van der Waals surface area contributed by atoms with Gasteiger partial charge in [-0.15, -0.1) is 0 Å². The van der Waals surface area contributed by atoms with Crippen molar-refractivity contribution in [2.45, 2.75) is 0 Å². The minimum absolute atomic E-state index is 0.120. The van der Waals surface area contributed by atoms with Crippen LogP contribution in [0.3, 0.4) is 0 Å². The molecular weight excluding hydrogens is 194 g/mol. The summed E-state index contributed by atoms with van der Waals surface area (Å²) in [6.45, 7) is 0. The molecule has 0 aliphatic heterocycles. The Kier molecular flexibility index (Phi) is 2.32. The zero-order valence-electron chi connectivity index (χ0n) is 7.79. The highest BCUT2D eigenvalue weighted by Crippen LogP contribution is 2.24. The minimum Gasteiger partial charge on any atom is -0.452 e. The Morgan fingerprint density at radius 2 is 1.87 bits per heavy atom. The third-order valence-corrected chi connectivity index (χ3v) is 1.68. The first-order chi connectivity index (χ1) is 7.25. The molecule has 0 unspecified atom stereocenters. The number of pyridine rings is 1. The molecule has 0 saturated heterocycles. The van der Waals surface area contributed by atoms with E-state index in [0.717, 1.165) is 0 Å². The van der Waals surface area contributed by atoms with E-state index in [1.165, 1.54) is 6.20 Å². The third kappa shape index (κ3) is 2.11. The number of nitrogen functional groups attached to an aromatic ring is 2. The van der Waals surface area contributed by atoms with Gasteiger partial charge in [0.25, 0.3) is 0 Å². The van der Waals surface area contributed by atoms with Gasteiger partial charge in [0.2, 0.25) is 5.95 Å². The standard InChI is InChI=1S/C9H9N5O/c10-8-7(5-13-9(11)14-8)15-6-1-3-12-4-2-6/h1-5H,(H4,10,11,13,14). The summed E-state index contributed by atoms with van der Waals surface area (Å²) in [6, 6.07) is 3.41. The summed E-state index contributed by atoms with van der Waals surface area (Å²) < 4.78 is 5.42. The van der Waals surface area contributed by atoms with Gasteiger partial charge in [-0.25, -0.2) is 4.98 Å². The lowest BCUT2D eigenvalue weighted by Gasteiger charge is -2.06. The first kappa shape index (κ1) is 9.20. The lowest BCUT2D eigenvalue weighted by molar-refractivity contribution is 0.480. The molecular formula is C9H9N5O. The molecule has 2 heterocycles. The van der Waals surface area contributed by atoms with Crippen LogP contribution in [0, 0.1) is 0 Å². The predicted molar refractivity (Wildman–Crippen MR) is 55.2 cm³/mol. The minimum atomic E-state index is 0.120. The lowest BCUT2D eigenvalue weighted by Crippen LogP contribution is -2.01. The van der Waals surface area contributed by atoms with Crippen molar-refractivity contribution in [3.05, 3.63) is 30.7 Å². The van der Waals surface area contributed by atoms with Crippen LogP contribution in [0.15, 0.2) is 30.7 Å². The number of hydrogen-bond donors (Lipinski definition) is 2. The van der Waals surface area contributed by atoms with Gasteiger partial charge in [-0.2, -0.15) is 4.98 Å². The Morgan fingerprint density at radius 1 is 1.13 bits per heavy atom. The molecule has 0 aliphatic carbocycles. The number of aromatic nitrogens is 3. The molecule has 4 N–H and O–H groups in total. The molecule has 2 aromatic heterocycles. The van der Waals surface area contributed by atoms with E-state index < -0.39 is 0 Å². The molecule has 0 bridgehead atoms. The Balaban J connectivity index is 2.25. The highest BCUT2D eigenvalue weighted by Gasteiger charge is 2.04. The predicted octanol–water partition coefficient (Wildman–Crippen LogP) is 0.828. The molecule has 0 amide bonds. The summed E-state index contributed by atoms with van der Waals surface area (Å²) >= 11 is 0. The van der Waals surface area contributed by atoms with Crippen LogP contribution < -0.4 is 16.2 Å². The molecule has 2 rings (SSSR count). The van der Waals surface area contributed by atoms with Gasteiger partial charge >= 0.3 is 0 Å². The van der Waals surface area contributed by atoms with Crippen LogP contribution in [0.4, 0.5) is 11.8 Å². The highest BCUT2D eigenvalue weighted by atomic mass is 16.5. The van der Waals surface area contributed by atoms with E-state index in [1.54, 1.807) is 24.5 Å². The Hall–Kier alpha value is -2.37. The van der Waals surface area contributed by atoms with Gasteiger partial charge in [0.05, 0.1) is 6.20 Å². The van der Waals surface area contributed by atoms with Crippen LogP contribution in [-0.4, -0.2) is 15.0 Å². The summed E-state index contributed by atoms with van der Waals surface area (Å²) in [5, 5.41) is 0.